The average molecular weight is 250 g/mol. The van der Waals surface area contributed by atoms with E-state index in [4.69, 9.17) is 0 Å². The van der Waals surface area contributed by atoms with E-state index in [0.717, 1.165) is 39.0 Å². The Kier molecular flexibility index (Phi) is 1.92. The number of carbonyl (C=O) groups excluding carboxylic acids is 1. The highest BCUT2D eigenvalue weighted by molar-refractivity contribution is 6.21. The zero-order valence-electron chi connectivity index (χ0n) is 10.9. The highest BCUT2D eigenvalue weighted by Crippen LogP contribution is 2.54. The molecule has 0 saturated heterocycles. The highest BCUT2D eigenvalue weighted by Gasteiger charge is 2.42. The van der Waals surface area contributed by atoms with E-state index >= 15 is 0 Å². The maximum atomic E-state index is 12.2. The Morgan fingerprint density at radius 3 is 2.79 bits per heavy atom. The third-order valence-electron chi connectivity index (χ3n) is 4.52. The van der Waals surface area contributed by atoms with Crippen LogP contribution in [0.1, 0.15) is 30.5 Å². The number of hydrogen-bond acceptors (Lipinski definition) is 2. The Bertz CT molecular complexity index is 732. The fourth-order valence-corrected chi connectivity index (χ4v) is 3.66. The molecule has 0 bridgehead atoms. The van der Waals surface area contributed by atoms with Gasteiger partial charge < -0.3 is 5.11 Å². The second-order valence-corrected chi connectivity index (χ2v) is 5.49. The molecule has 2 heteroatoms. The first kappa shape index (κ1) is 10.9. The van der Waals surface area contributed by atoms with Crippen molar-refractivity contribution in [1.82, 2.24) is 0 Å². The Morgan fingerprint density at radius 2 is 2.00 bits per heavy atom. The minimum absolute atomic E-state index is 0.133. The Morgan fingerprint density at radius 1 is 1.21 bits per heavy atom. The number of hydrogen-bond donors (Lipinski definition) is 1. The van der Waals surface area contributed by atoms with Gasteiger partial charge in [0.25, 0.3) is 0 Å². The number of carbonyl (C=O) groups is 1. The Balaban J connectivity index is 2.17. The van der Waals surface area contributed by atoms with Gasteiger partial charge in [0.15, 0.2) is 5.78 Å². The normalized spacial score (nSPS) is 27.2. The Labute approximate surface area is 111 Å². The molecule has 1 aromatic rings. The van der Waals surface area contributed by atoms with Crippen LogP contribution >= 0.6 is 0 Å². The minimum Gasteiger partial charge on any atom is -0.384 e. The lowest BCUT2D eigenvalue weighted by Crippen LogP contribution is -2.14. The number of allylic oxidation sites excluding steroid dienone is 3. The molecule has 19 heavy (non-hydrogen) atoms. The summed E-state index contributed by atoms with van der Waals surface area (Å²) >= 11 is 0. The summed E-state index contributed by atoms with van der Waals surface area (Å²) in [7, 11) is 0. The van der Waals surface area contributed by atoms with Crippen molar-refractivity contribution in [3.8, 4) is 0 Å². The fourth-order valence-electron chi connectivity index (χ4n) is 3.66. The maximum absolute atomic E-state index is 12.2. The first-order valence-corrected chi connectivity index (χ1v) is 6.61. The summed E-state index contributed by atoms with van der Waals surface area (Å²) in [5.74, 6) is 0.0571. The van der Waals surface area contributed by atoms with Crippen LogP contribution in [-0.4, -0.2) is 17.0 Å². The summed E-state index contributed by atoms with van der Waals surface area (Å²) < 4.78 is 0. The van der Waals surface area contributed by atoms with Crippen molar-refractivity contribution in [3.63, 3.8) is 0 Å². The van der Waals surface area contributed by atoms with Gasteiger partial charge in [0.1, 0.15) is 0 Å². The minimum atomic E-state index is -0.595. The van der Waals surface area contributed by atoms with Gasteiger partial charge in [-0.25, -0.2) is 0 Å². The molecule has 3 aliphatic carbocycles. The predicted octanol–water partition coefficient (Wildman–Crippen LogP) is 2.83. The van der Waals surface area contributed by atoms with Gasteiger partial charge in [-0.05, 0) is 40.3 Å². The quantitative estimate of drug-likeness (QED) is 0.768. The van der Waals surface area contributed by atoms with Gasteiger partial charge in [-0.2, -0.15) is 0 Å². The predicted molar refractivity (Wildman–Crippen MR) is 75.2 cm³/mol. The van der Waals surface area contributed by atoms with Crippen molar-refractivity contribution >= 4 is 23.0 Å². The van der Waals surface area contributed by atoms with Crippen LogP contribution in [0.2, 0.25) is 0 Å². The molecule has 0 amide bonds. The van der Waals surface area contributed by atoms with E-state index in [0.29, 0.717) is 0 Å². The first-order chi connectivity index (χ1) is 9.11. The molecule has 2 atom stereocenters. The number of benzene rings is 1. The summed E-state index contributed by atoms with van der Waals surface area (Å²) in [6.45, 7) is 3.84. The number of Topliss-reactive ketones (excluding diaryl/α,β-unsaturated/α-hetero) is 1. The average Bonchev–Trinajstić information content (AvgIpc) is 2.86. The molecule has 4 rings (SSSR count). The van der Waals surface area contributed by atoms with E-state index in [1.54, 1.807) is 0 Å². The van der Waals surface area contributed by atoms with Gasteiger partial charge in [-0.1, -0.05) is 37.3 Å². The topological polar surface area (TPSA) is 37.3 Å². The monoisotopic (exact) mass is 250 g/mol. The van der Waals surface area contributed by atoms with Crippen molar-refractivity contribution < 1.29 is 9.90 Å². The van der Waals surface area contributed by atoms with Crippen LogP contribution in [0.3, 0.4) is 0 Å². The molecule has 3 aliphatic rings. The van der Waals surface area contributed by atoms with Gasteiger partial charge in [0.05, 0.1) is 6.10 Å². The molecular formula is C17H14O2. The number of ketones is 1. The molecule has 0 heterocycles. The Hall–Kier alpha value is -1.93. The summed E-state index contributed by atoms with van der Waals surface area (Å²) in [5.41, 5.74) is 7.27. The first-order valence-electron chi connectivity index (χ1n) is 6.61. The number of rotatable bonds is 0. The molecule has 0 fully saturated rings. The molecule has 1 N–H and O–H groups in total. The molecule has 0 spiro atoms. The van der Waals surface area contributed by atoms with Gasteiger partial charge in [-0.15, -0.1) is 0 Å². The molecule has 0 saturated carbocycles. The largest absolute Gasteiger partial charge is 0.384 e. The van der Waals surface area contributed by atoms with E-state index < -0.39 is 6.10 Å². The third kappa shape index (κ3) is 1.13. The number of aliphatic hydroxyl groups excluding tert-OH is 1. The molecule has 94 valence electrons. The molecular weight excluding hydrogens is 236 g/mol. The highest BCUT2D eigenvalue weighted by atomic mass is 16.3. The van der Waals surface area contributed by atoms with Crippen molar-refractivity contribution in [2.24, 2.45) is 5.92 Å². The van der Waals surface area contributed by atoms with Crippen LogP contribution in [-0.2, 0) is 4.79 Å². The summed E-state index contributed by atoms with van der Waals surface area (Å²) in [6.07, 6.45) is 3.18. The molecule has 2 nitrogen and oxygen atoms in total. The molecule has 2 unspecified atom stereocenters. The van der Waals surface area contributed by atoms with E-state index in [2.05, 4.69) is 12.1 Å². The van der Waals surface area contributed by atoms with Crippen molar-refractivity contribution in [2.45, 2.75) is 20.0 Å². The van der Waals surface area contributed by atoms with Crippen LogP contribution in [0.15, 0.2) is 35.4 Å². The number of fused-ring (bicyclic) bond motifs is 2. The van der Waals surface area contributed by atoms with Crippen molar-refractivity contribution in [1.29, 1.82) is 0 Å². The smallest absolute Gasteiger partial charge is 0.166 e. The van der Waals surface area contributed by atoms with E-state index in [1.165, 1.54) is 0 Å². The summed E-state index contributed by atoms with van der Waals surface area (Å²) in [4.78, 5) is 12.2. The fraction of sp³-hybridized carbons (Fsp3) is 0.235. The van der Waals surface area contributed by atoms with Crippen LogP contribution in [0.4, 0.5) is 0 Å². The van der Waals surface area contributed by atoms with Crippen LogP contribution in [0, 0.1) is 5.92 Å². The third-order valence-corrected chi connectivity index (χ3v) is 4.52. The van der Waals surface area contributed by atoms with Gasteiger partial charge >= 0.3 is 0 Å². The van der Waals surface area contributed by atoms with Gasteiger partial charge in [0.2, 0.25) is 0 Å². The summed E-state index contributed by atoms with van der Waals surface area (Å²) in [6, 6.07) is 6.14. The van der Waals surface area contributed by atoms with Crippen LogP contribution in [0.5, 0.6) is 0 Å². The zero-order valence-corrected chi connectivity index (χ0v) is 10.9. The van der Waals surface area contributed by atoms with Crippen molar-refractivity contribution in [2.75, 3.05) is 0 Å². The second kappa shape index (κ2) is 3.34. The molecule has 0 radical (unpaired) electrons. The zero-order chi connectivity index (χ0) is 13.3. The number of aliphatic hydroxyl groups is 1. The van der Waals surface area contributed by atoms with Crippen LogP contribution in [0.25, 0.3) is 17.2 Å². The maximum Gasteiger partial charge on any atom is 0.166 e. The lowest BCUT2D eigenvalue weighted by atomic mass is 9.87. The lowest BCUT2D eigenvalue weighted by molar-refractivity contribution is -0.117. The summed E-state index contributed by atoms with van der Waals surface area (Å²) in [5, 5.41) is 10.3. The standard InChI is InChI=1S/C17H14O2/c1-8-13-11-5-3-4-10-6-7-12(18)16(15(10)11)14(13)9(2)17(8)19/h3-7,9,12,18H,1-2H3. The van der Waals surface area contributed by atoms with Crippen LogP contribution < -0.4 is 0 Å². The second-order valence-electron chi connectivity index (χ2n) is 5.49. The lowest BCUT2D eigenvalue weighted by Gasteiger charge is -2.19. The SMILES string of the molecule is CC1=C2C(=C3c4c(cccc42)C=CC3O)C(C)C1=O. The van der Waals surface area contributed by atoms with Crippen molar-refractivity contribution in [3.05, 3.63) is 52.1 Å². The molecule has 0 aliphatic heterocycles. The van der Waals surface area contributed by atoms with Gasteiger partial charge in [0, 0.05) is 11.5 Å². The molecule has 0 aromatic heterocycles. The van der Waals surface area contributed by atoms with E-state index in [-0.39, 0.29) is 11.7 Å². The van der Waals surface area contributed by atoms with Gasteiger partial charge in [-0.3, -0.25) is 4.79 Å². The van der Waals surface area contributed by atoms with E-state index in [1.807, 2.05) is 32.1 Å². The van der Waals surface area contributed by atoms with E-state index in [9.17, 15) is 9.90 Å². The molecule has 1 aromatic carbocycles.